The summed E-state index contributed by atoms with van der Waals surface area (Å²) < 4.78 is 0. The molecule has 3 nitrogen and oxygen atoms in total. The first-order chi connectivity index (χ1) is 10.5. The van der Waals surface area contributed by atoms with Crippen molar-refractivity contribution in [3.8, 4) is 0 Å². The minimum Gasteiger partial charge on any atom is -0.351 e. The molecule has 2 aromatic carbocycles. The first kappa shape index (κ1) is 14.4. The number of rotatable bonds is 3. The summed E-state index contributed by atoms with van der Waals surface area (Å²) in [7, 11) is 0. The highest BCUT2D eigenvalue weighted by Gasteiger charge is 2.10. The second-order valence-corrected chi connectivity index (χ2v) is 6.00. The van der Waals surface area contributed by atoms with Crippen LogP contribution >= 0.6 is 0 Å². The number of fused-ring (bicyclic) bond motifs is 1. The summed E-state index contributed by atoms with van der Waals surface area (Å²) in [5.74, 6) is 0.368. The number of hydrogen-bond acceptors (Lipinski definition) is 1. The van der Waals surface area contributed by atoms with E-state index in [2.05, 4.69) is 36.3 Å². The number of aromatic nitrogens is 1. The molecule has 0 aliphatic carbocycles. The maximum Gasteiger partial charge on any atom is 0.272 e. The van der Waals surface area contributed by atoms with Crippen molar-refractivity contribution in [2.45, 2.75) is 26.7 Å². The molecule has 0 aliphatic heterocycles. The maximum absolute atomic E-state index is 12.3. The molecule has 0 saturated heterocycles. The maximum atomic E-state index is 12.3. The van der Waals surface area contributed by atoms with Crippen molar-refractivity contribution in [1.82, 2.24) is 4.98 Å². The molecule has 3 heteroatoms. The number of nitrogens with one attached hydrogen (secondary N) is 2. The quantitative estimate of drug-likeness (QED) is 0.712. The van der Waals surface area contributed by atoms with Gasteiger partial charge in [-0.05, 0) is 48.2 Å². The van der Waals surface area contributed by atoms with Gasteiger partial charge in [0.05, 0.1) is 0 Å². The lowest BCUT2D eigenvalue weighted by molar-refractivity contribution is 0.102. The largest absolute Gasteiger partial charge is 0.351 e. The molecule has 0 radical (unpaired) electrons. The Kier molecular flexibility index (Phi) is 3.72. The molecule has 2 N–H and O–H groups in total. The van der Waals surface area contributed by atoms with E-state index in [-0.39, 0.29) is 5.91 Å². The first-order valence-corrected chi connectivity index (χ1v) is 7.53. The number of aromatic amines is 1. The molecule has 0 spiro atoms. The third-order valence-corrected chi connectivity index (χ3v) is 3.86. The zero-order valence-electron chi connectivity index (χ0n) is 13.1. The van der Waals surface area contributed by atoms with Crippen LogP contribution in [0, 0.1) is 6.92 Å². The van der Waals surface area contributed by atoms with Gasteiger partial charge >= 0.3 is 0 Å². The van der Waals surface area contributed by atoms with E-state index in [1.807, 2.05) is 43.3 Å². The number of carbonyl (C=O) groups excluding carboxylic acids is 1. The predicted molar refractivity (Wildman–Crippen MR) is 91.5 cm³/mol. The molecule has 0 atom stereocenters. The minimum atomic E-state index is -0.119. The van der Waals surface area contributed by atoms with Gasteiger partial charge < -0.3 is 10.3 Å². The van der Waals surface area contributed by atoms with Crippen molar-refractivity contribution >= 4 is 22.5 Å². The third-order valence-electron chi connectivity index (χ3n) is 3.86. The van der Waals surface area contributed by atoms with E-state index in [1.54, 1.807) is 0 Å². The number of hydrogen-bond donors (Lipinski definition) is 2. The summed E-state index contributed by atoms with van der Waals surface area (Å²) in [6.07, 6.45) is 0. The molecular weight excluding hydrogens is 272 g/mol. The molecule has 1 amide bonds. The van der Waals surface area contributed by atoms with Crippen LogP contribution in [0.25, 0.3) is 10.9 Å². The fraction of sp³-hybridized carbons (Fsp3) is 0.211. The SMILES string of the molecule is Cc1ccc2cc(C(=O)Nc3ccc(C(C)C)cc3)[nH]c2c1. The van der Waals surface area contributed by atoms with E-state index in [0.29, 0.717) is 11.6 Å². The van der Waals surface area contributed by atoms with Crippen LogP contribution in [-0.2, 0) is 0 Å². The Hall–Kier alpha value is -2.55. The van der Waals surface area contributed by atoms with Crippen molar-refractivity contribution in [2.24, 2.45) is 0 Å². The van der Waals surface area contributed by atoms with Crippen molar-refractivity contribution in [1.29, 1.82) is 0 Å². The predicted octanol–water partition coefficient (Wildman–Crippen LogP) is 4.85. The first-order valence-electron chi connectivity index (χ1n) is 7.53. The lowest BCUT2D eigenvalue weighted by atomic mass is 10.0. The Balaban J connectivity index is 1.80. The molecule has 0 saturated carbocycles. The molecule has 0 fully saturated rings. The van der Waals surface area contributed by atoms with Crippen LogP contribution in [-0.4, -0.2) is 10.9 Å². The molecular formula is C19H20N2O. The zero-order chi connectivity index (χ0) is 15.7. The monoisotopic (exact) mass is 292 g/mol. The van der Waals surface area contributed by atoms with E-state index >= 15 is 0 Å². The normalized spacial score (nSPS) is 11.1. The number of amides is 1. The summed E-state index contributed by atoms with van der Waals surface area (Å²) in [5.41, 5.74) is 4.81. The van der Waals surface area contributed by atoms with Gasteiger partial charge in [-0.3, -0.25) is 4.79 Å². The molecule has 3 aromatic rings. The van der Waals surface area contributed by atoms with E-state index in [4.69, 9.17) is 0 Å². The number of aryl methyl sites for hydroxylation is 1. The highest BCUT2D eigenvalue weighted by atomic mass is 16.1. The van der Waals surface area contributed by atoms with E-state index in [9.17, 15) is 4.79 Å². The van der Waals surface area contributed by atoms with Crippen LogP contribution in [0.3, 0.4) is 0 Å². The Morgan fingerprint density at radius 1 is 1.05 bits per heavy atom. The minimum absolute atomic E-state index is 0.119. The van der Waals surface area contributed by atoms with Crippen LogP contribution in [0.4, 0.5) is 5.69 Å². The van der Waals surface area contributed by atoms with Crippen LogP contribution in [0.1, 0.15) is 41.4 Å². The Labute approximate surface area is 130 Å². The van der Waals surface area contributed by atoms with Crippen LogP contribution in [0.5, 0.6) is 0 Å². The fourth-order valence-corrected chi connectivity index (χ4v) is 2.51. The second-order valence-electron chi connectivity index (χ2n) is 6.00. The number of H-pyrrole nitrogens is 1. The summed E-state index contributed by atoms with van der Waals surface area (Å²) in [6.45, 7) is 6.34. The van der Waals surface area contributed by atoms with Crippen LogP contribution in [0.15, 0.2) is 48.5 Å². The van der Waals surface area contributed by atoms with Gasteiger partial charge in [0.25, 0.3) is 5.91 Å². The Bertz CT molecular complexity index is 813. The Morgan fingerprint density at radius 3 is 2.45 bits per heavy atom. The summed E-state index contributed by atoms with van der Waals surface area (Å²) >= 11 is 0. The Morgan fingerprint density at radius 2 is 1.77 bits per heavy atom. The van der Waals surface area contributed by atoms with E-state index < -0.39 is 0 Å². The number of benzene rings is 2. The summed E-state index contributed by atoms with van der Waals surface area (Å²) in [5, 5.41) is 3.98. The number of carbonyl (C=O) groups is 1. The lowest BCUT2D eigenvalue weighted by Gasteiger charge is -2.07. The van der Waals surface area contributed by atoms with Crippen molar-refractivity contribution in [2.75, 3.05) is 5.32 Å². The van der Waals surface area contributed by atoms with Crippen molar-refractivity contribution in [3.63, 3.8) is 0 Å². The molecule has 22 heavy (non-hydrogen) atoms. The molecule has 0 aliphatic rings. The topological polar surface area (TPSA) is 44.9 Å². The van der Waals surface area contributed by atoms with Gasteiger partial charge in [0.15, 0.2) is 0 Å². The summed E-state index contributed by atoms with van der Waals surface area (Å²) in [4.78, 5) is 15.5. The third kappa shape index (κ3) is 2.89. The van der Waals surface area contributed by atoms with E-state index in [0.717, 1.165) is 16.6 Å². The average molecular weight is 292 g/mol. The molecule has 0 bridgehead atoms. The van der Waals surface area contributed by atoms with Gasteiger partial charge in [0, 0.05) is 16.6 Å². The molecule has 3 rings (SSSR count). The van der Waals surface area contributed by atoms with Gasteiger partial charge in [-0.25, -0.2) is 0 Å². The second kappa shape index (κ2) is 5.68. The highest BCUT2D eigenvalue weighted by Crippen LogP contribution is 2.20. The standard InChI is InChI=1S/C19H20N2O/c1-12(2)14-6-8-16(9-7-14)20-19(22)18-11-15-5-4-13(3)10-17(15)21-18/h4-12,21H,1-3H3,(H,20,22). The van der Waals surface area contributed by atoms with Gasteiger partial charge in [-0.15, -0.1) is 0 Å². The zero-order valence-corrected chi connectivity index (χ0v) is 13.1. The van der Waals surface area contributed by atoms with Gasteiger partial charge in [-0.2, -0.15) is 0 Å². The van der Waals surface area contributed by atoms with Crippen molar-refractivity contribution < 1.29 is 4.79 Å². The van der Waals surface area contributed by atoms with Gasteiger partial charge in [-0.1, -0.05) is 38.1 Å². The molecule has 1 aromatic heterocycles. The van der Waals surface area contributed by atoms with E-state index in [1.165, 1.54) is 11.1 Å². The highest BCUT2D eigenvalue weighted by molar-refractivity contribution is 6.05. The smallest absolute Gasteiger partial charge is 0.272 e. The lowest BCUT2D eigenvalue weighted by Crippen LogP contribution is -2.12. The fourth-order valence-electron chi connectivity index (χ4n) is 2.51. The van der Waals surface area contributed by atoms with Crippen molar-refractivity contribution in [3.05, 3.63) is 65.4 Å². The van der Waals surface area contributed by atoms with Crippen LogP contribution in [0.2, 0.25) is 0 Å². The summed E-state index contributed by atoms with van der Waals surface area (Å²) in [6, 6.07) is 16.0. The number of anilines is 1. The molecule has 112 valence electrons. The average Bonchev–Trinajstić information content (AvgIpc) is 2.91. The van der Waals surface area contributed by atoms with Crippen LogP contribution < -0.4 is 5.32 Å². The molecule has 1 heterocycles. The molecule has 0 unspecified atom stereocenters. The van der Waals surface area contributed by atoms with Gasteiger partial charge in [0.1, 0.15) is 5.69 Å². The van der Waals surface area contributed by atoms with Gasteiger partial charge in [0.2, 0.25) is 0 Å².